The fourth-order valence-corrected chi connectivity index (χ4v) is 2.05. The molecule has 1 atom stereocenters. The van der Waals surface area contributed by atoms with Crippen molar-refractivity contribution < 1.29 is 14.3 Å². The molecule has 0 radical (unpaired) electrons. The lowest BCUT2D eigenvalue weighted by Crippen LogP contribution is -2.18. The van der Waals surface area contributed by atoms with Gasteiger partial charge in [-0.05, 0) is 23.3 Å². The summed E-state index contributed by atoms with van der Waals surface area (Å²) in [5.41, 5.74) is 2.71. The Bertz CT molecular complexity index is 489. The normalized spacial score (nSPS) is 27.5. The van der Waals surface area contributed by atoms with Gasteiger partial charge in [0.15, 0.2) is 5.78 Å². The van der Waals surface area contributed by atoms with Crippen molar-refractivity contribution in [2.24, 2.45) is 0 Å². The maximum Gasteiger partial charge on any atom is 0.311 e. The summed E-state index contributed by atoms with van der Waals surface area (Å²) >= 11 is 0. The van der Waals surface area contributed by atoms with Gasteiger partial charge in [-0.15, -0.1) is 0 Å². The molecule has 1 saturated heterocycles. The zero-order valence-corrected chi connectivity index (χ0v) is 7.90. The molecule has 1 heterocycles. The highest BCUT2D eigenvalue weighted by molar-refractivity contribution is 6.03. The summed E-state index contributed by atoms with van der Waals surface area (Å²) in [5, 5.41) is 0. The van der Waals surface area contributed by atoms with Crippen LogP contribution in [0.2, 0.25) is 0 Å². The number of esters is 1. The average molecular weight is 200 g/mol. The molecule has 1 aliphatic heterocycles. The van der Waals surface area contributed by atoms with E-state index in [0.717, 1.165) is 16.7 Å². The molecule has 0 N–H and O–H groups in total. The highest BCUT2D eigenvalue weighted by Gasteiger charge is 2.35. The van der Waals surface area contributed by atoms with Crippen molar-refractivity contribution in [3.8, 4) is 0 Å². The number of fused-ring (bicyclic) bond motifs is 3. The van der Waals surface area contributed by atoms with E-state index in [-0.39, 0.29) is 17.9 Å². The second-order valence-corrected chi connectivity index (χ2v) is 3.75. The van der Waals surface area contributed by atoms with E-state index in [1.165, 1.54) is 6.08 Å². The van der Waals surface area contributed by atoms with E-state index in [1.54, 1.807) is 12.2 Å². The molecule has 0 aromatic heterocycles. The highest BCUT2D eigenvalue weighted by Crippen LogP contribution is 2.36. The first-order valence-electron chi connectivity index (χ1n) is 4.78. The average Bonchev–Trinajstić information content (AvgIpc) is 2.58. The number of carbonyl (C=O) groups is 2. The van der Waals surface area contributed by atoms with Crippen LogP contribution in [-0.4, -0.2) is 17.9 Å². The van der Waals surface area contributed by atoms with E-state index in [4.69, 9.17) is 4.74 Å². The van der Waals surface area contributed by atoms with Crippen molar-refractivity contribution in [2.75, 3.05) is 0 Å². The number of rotatable bonds is 0. The van der Waals surface area contributed by atoms with E-state index < -0.39 is 0 Å². The van der Waals surface area contributed by atoms with Gasteiger partial charge in [0.2, 0.25) is 0 Å². The largest absolute Gasteiger partial charge is 0.453 e. The van der Waals surface area contributed by atoms with E-state index in [0.29, 0.717) is 6.42 Å². The monoisotopic (exact) mass is 200 g/mol. The Hall–Kier alpha value is -1.90. The van der Waals surface area contributed by atoms with Crippen LogP contribution in [0.15, 0.2) is 47.1 Å². The number of hydrogen-bond acceptors (Lipinski definition) is 3. The van der Waals surface area contributed by atoms with Crippen LogP contribution in [0.5, 0.6) is 0 Å². The SMILES string of the molecule is O=C1C=CC2=CC=C3CC(=O)OC3C2=C1. The molecule has 0 aromatic carbocycles. The van der Waals surface area contributed by atoms with Crippen LogP contribution in [0.4, 0.5) is 0 Å². The Balaban J connectivity index is 2.09. The molecular weight excluding hydrogens is 192 g/mol. The third kappa shape index (κ3) is 1.20. The molecule has 3 heteroatoms. The number of allylic oxidation sites excluding steroid dienone is 5. The highest BCUT2D eigenvalue weighted by atomic mass is 16.5. The predicted octanol–water partition coefficient (Wildman–Crippen LogP) is 1.23. The van der Waals surface area contributed by atoms with Crippen molar-refractivity contribution in [3.63, 3.8) is 0 Å². The van der Waals surface area contributed by atoms with Crippen molar-refractivity contribution in [1.82, 2.24) is 0 Å². The first kappa shape index (κ1) is 8.41. The maximum absolute atomic E-state index is 11.2. The van der Waals surface area contributed by atoms with Gasteiger partial charge in [-0.3, -0.25) is 9.59 Å². The van der Waals surface area contributed by atoms with Gasteiger partial charge >= 0.3 is 5.97 Å². The van der Waals surface area contributed by atoms with Crippen molar-refractivity contribution in [2.45, 2.75) is 12.5 Å². The fourth-order valence-electron chi connectivity index (χ4n) is 2.05. The van der Waals surface area contributed by atoms with Gasteiger partial charge in [0.1, 0.15) is 6.10 Å². The van der Waals surface area contributed by atoms with Gasteiger partial charge in [-0.2, -0.15) is 0 Å². The molecule has 1 unspecified atom stereocenters. The first-order valence-corrected chi connectivity index (χ1v) is 4.78. The van der Waals surface area contributed by atoms with Crippen LogP contribution in [0.3, 0.4) is 0 Å². The standard InChI is InChI=1S/C12H8O3/c13-9-4-3-7-1-2-8-5-11(14)15-12(8)10(7)6-9/h1-4,6,12H,5H2. The van der Waals surface area contributed by atoms with Crippen LogP contribution in [0, 0.1) is 0 Å². The summed E-state index contributed by atoms with van der Waals surface area (Å²) in [7, 11) is 0. The Labute approximate surface area is 86.4 Å². The molecule has 0 aromatic rings. The van der Waals surface area contributed by atoms with E-state index in [9.17, 15) is 9.59 Å². The third-order valence-electron chi connectivity index (χ3n) is 2.75. The third-order valence-corrected chi connectivity index (χ3v) is 2.75. The lowest BCUT2D eigenvalue weighted by molar-refractivity contribution is -0.140. The van der Waals surface area contributed by atoms with E-state index in [2.05, 4.69) is 0 Å². The molecule has 1 fully saturated rings. The Kier molecular flexibility index (Phi) is 1.57. The summed E-state index contributed by atoms with van der Waals surface area (Å²) in [4.78, 5) is 22.4. The molecule has 0 spiro atoms. The van der Waals surface area contributed by atoms with Crippen molar-refractivity contribution >= 4 is 11.8 Å². The summed E-state index contributed by atoms with van der Waals surface area (Å²) in [5.74, 6) is -0.268. The zero-order chi connectivity index (χ0) is 10.4. The van der Waals surface area contributed by atoms with Crippen LogP contribution >= 0.6 is 0 Å². The van der Waals surface area contributed by atoms with Crippen LogP contribution in [-0.2, 0) is 14.3 Å². The number of hydrogen-bond donors (Lipinski definition) is 0. The molecule has 0 bridgehead atoms. The van der Waals surface area contributed by atoms with E-state index in [1.807, 2.05) is 12.2 Å². The summed E-state index contributed by atoms with van der Waals surface area (Å²) in [6.45, 7) is 0. The Morgan fingerprint density at radius 2 is 2.07 bits per heavy atom. The lowest BCUT2D eigenvalue weighted by Gasteiger charge is -2.21. The Morgan fingerprint density at radius 3 is 2.93 bits per heavy atom. The number of ketones is 1. The summed E-state index contributed by atoms with van der Waals surface area (Å²) in [6, 6.07) is 0. The smallest absolute Gasteiger partial charge is 0.311 e. The Morgan fingerprint density at radius 1 is 1.20 bits per heavy atom. The molecule has 3 aliphatic rings. The van der Waals surface area contributed by atoms with Gasteiger partial charge in [-0.1, -0.05) is 18.2 Å². The quantitative estimate of drug-likeness (QED) is 0.552. The van der Waals surface area contributed by atoms with Crippen LogP contribution < -0.4 is 0 Å². The number of ether oxygens (including phenoxy) is 1. The minimum atomic E-state index is -0.327. The lowest BCUT2D eigenvalue weighted by atomic mass is 9.86. The molecule has 0 amide bonds. The second-order valence-electron chi connectivity index (χ2n) is 3.75. The van der Waals surface area contributed by atoms with Crippen LogP contribution in [0.25, 0.3) is 0 Å². The van der Waals surface area contributed by atoms with Crippen LogP contribution in [0.1, 0.15) is 6.42 Å². The molecule has 0 saturated carbocycles. The first-order chi connectivity index (χ1) is 7.24. The second kappa shape index (κ2) is 2.79. The maximum atomic E-state index is 11.2. The van der Waals surface area contributed by atoms with E-state index >= 15 is 0 Å². The molecule has 2 aliphatic carbocycles. The van der Waals surface area contributed by atoms with Gasteiger partial charge < -0.3 is 4.74 Å². The van der Waals surface area contributed by atoms with Crippen molar-refractivity contribution in [3.05, 3.63) is 47.1 Å². The zero-order valence-electron chi connectivity index (χ0n) is 7.90. The van der Waals surface area contributed by atoms with Gasteiger partial charge in [-0.25, -0.2) is 0 Å². The molecule has 3 rings (SSSR count). The van der Waals surface area contributed by atoms with Gasteiger partial charge in [0.05, 0.1) is 6.42 Å². The minimum Gasteiger partial charge on any atom is -0.453 e. The van der Waals surface area contributed by atoms with Crippen molar-refractivity contribution in [1.29, 1.82) is 0 Å². The molecular formula is C12H8O3. The fraction of sp³-hybridized carbons (Fsp3) is 0.167. The summed E-state index contributed by atoms with van der Waals surface area (Å²) in [6.07, 6.45) is 8.66. The molecule has 3 nitrogen and oxygen atoms in total. The molecule has 15 heavy (non-hydrogen) atoms. The number of carbonyl (C=O) groups excluding carboxylic acids is 2. The van der Waals surface area contributed by atoms with Gasteiger partial charge in [0, 0.05) is 5.57 Å². The minimum absolute atomic E-state index is 0.0497. The summed E-state index contributed by atoms with van der Waals surface area (Å²) < 4.78 is 5.18. The topological polar surface area (TPSA) is 43.4 Å². The molecule has 74 valence electrons. The van der Waals surface area contributed by atoms with Gasteiger partial charge in [0.25, 0.3) is 0 Å². The predicted molar refractivity (Wildman–Crippen MR) is 52.9 cm³/mol.